The molecule has 17 heavy (non-hydrogen) atoms. The number of rotatable bonds is 4. The summed E-state index contributed by atoms with van der Waals surface area (Å²) in [6.45, 7) is 3.38. The van der Waals surface area contributed by atoms with Crippen molar-refractivity contribution < 1.29 is 18.3 Å². The molecule has 0 fully saturated rings. The van der Waals surface area contributed by atoms with Crippen molar-refractivity contribution in [3.05, 3.63) is 23.9 Å². The second kappa shape index (κ2) is 5.27. The van der Waals surface area contributed by atoms with Crippen molar-refractivity contribution in [3.8, 4) is 0 Å². The molecular weight excluding hydrogens is 251 g/mol. The first-order valence-electron chi connectivity index (χ1n) is 5.07. The minimum atomic E-state index is -4.34. The van der Waals surface area contributed by atoms with Crippen LogP contribution >= 0.6 is 11.8 Å². The summed E-state index contributed by atoms with van der Waals surface area (Å²) in [7, 11) is 0. The quantitative estimate of drug-likeness (QED) is 0.847. The third kappa shape index (κ3) is 5.41. The molecule has 2 nitrogen and oxygen atoms in total. The van der Waals surface area contributed by atoms with E-state index in [9.17, 15) is 18.3 Å². The molecule has 1 heterocycles. The van der Waals surface area contributed by atoms with Gasteiger partial charge in [0.1, 0.15) is 0 Å². The summed E-state index contributed by atoms with van der Waals surface area (Å²) in [6.07, 6.45) is -2.96. The average molecular weight is 265 g/mol. The molecule has 0 amide bonds. The highest BCUT2D eigenvalue weighted by Crippen LogP contribution is 2.29. The smallest absolute Gasteiger partial charge is 0.390 e. The van der Waals surface area contributed by atoms with Crippen molar-refractivity contribution >= 4 is 11.8 Å². The first-order chi connectivity index (χ1) is 7.68. The summed E-state index contributed by atoms with van der Waals surface area (Å²) in [5.41, 5.74) is -1.51. The Hall–Kier alpha value is -0.750. The molecule has 0 saturated carbocycles. The molecule has 1 N–H and O–H groups in total. The molecule has 0 saturated heterocycles. The lowest BCUT2D eigenvalue weighted by Gasteiger charge is -2.15. The number of alkyl halides is 3. The largest absolute Gasteiger partial charge is 0.417 e. The van der Waals surface area contributed by atoms with Crippen molar-refractivity contribution in [2.45, 2.75) is 37.1 Å². The fourth-order valence-electron chi connectivity index (χ4n) is 1.04. The highest BCUT2D eigenvalue weighted by molar-refractivity contribution is 7.99. The SMILES string of the molecule is CC(C)(O)CCSc1ccc(C(F)(F)F)cn1. The van der Waals surface area contributed by atoms with E-state index in [2.05, 4.69) is 4.98 Å². The Balaban J connectivity index is 2.52. The maximum Gasteiger partial charge on any atom is 0.417 e. The van der Waals surface area contributed by atoms with Crippen LogP contribution in [0.4, 0.5) is 13.2 Å². The van der Waals surface area contributed by atoms with E-state index in [0.29, 0.717) is 17.2 Å². The van der Waals surface area contributed by atoms with Gasteiger partial charge in [0, 0.05) is 11.9 Å². The van der Waals surface area contributed by atoms with Crippen molar-refractivity contribution in [3.63, 3.8) is 0 Å². The van der Waals surface area contributed by atoms with E-state index in [1.807, 2.05) is 0 Å². The lowest BCUT2D eigenvalue weighted by molar-refractivity contribution is -0.137. The van der Waals surface area contributed by atoms with E-state index >= 15 is 0 Å². The minimum Gasteiger partial charge on any atom is -0.390 e. The van der Waals surface area contributed by atoms with Gasteiger partial charge in [-0.05, 0) is 32.4 Å². The van der Waals surface area contributed by atoms with E-state index < -0.39 is 17.3 Å². The van der Waals surface area contributed by atoms with E-state index in [0.717, 1.165) is 12.3 Å². The van der Waals surface area contributed by atoms with Crippen LogP contribution in [0.3, 0.4) is 0 Å². The molecule has 0 aromatic carbocycles. The average Bonchev–Trinajstić information content (AvgIpc) is 2.15. The Labute approximate surface area is 102 Å². The van der Waals surface area contributed by atoms with Gasteiger partial charge in [-0.15, -0.1) is 11.8 Å². The van der Waals surface area contributed by atoms with Crippen LogP contribution in [0, 0.1) is 0 Å². The Morgan fingerprint density at radius 3 is 2.35 bits per heavy atom. The third-order valence-electron chi connectivity index (χ3n) is 2.03. The maximum absolute atomic E-state index is 12.2. The molecule has 6 heteroatoms. The number of pyridine rings is 1. The topological polar surface area (TPSA) is 33.1 Å². The van der Waals surface area contributed by atoms with E-state index in [1.54, 1.807) is 13.8 Å². The summed E-state index contributed by atoms with van der Waals surface area (Å²) in [4.78, 5) is 3.73. The van der Waals surface area contributed by atoms with Gasteiger partial charge in [-0.25, -0.2) is 4.98 Å². The number of halogens is 3. The van der Waals surface area contributed by atoms with Crippen LogP contribution in [0.15, 0.2) is 23.4 Å². The summed E-state index contributed by atoms with van der Waals surface area (Å²) in [6, 6.07) is 2.36. The van der Waals surface area contributed by atoms with Crippen molar-refractivity contribution in [1.29, 1.82) is 0 Å². The molecule has 1 rings (SSSR count). The molecule has 0 spiro atoms. The number of thioether (sulfide) groups is 1. The first-order valence-corrected chi connectivity index (χ1v) is 6.05. The molecule has 0 bridgehead atoms. The van der Waals surface area contributed by atoms with Crippen LogP contribution in [0.1, 0.15) is 25.8 Å². The van der Waals surface area contributed by atoms with Crippen molar-refractivity contribution in [2.24, 2.45) is 0 Å². The lowest BCUT2D eigenvalue weighted by Crippen LogP contribution is -2.19. The van der Waals surface area contributed by atoms with Crippen LogP contribution in [0.2, 0.25) is 0 Å². The normalized spacial score (nSPS) is 12.8. The Morgan fingerprint density at radius 1 is 1.29 bits per heavy atom. The molecule has 0 aliphatic carbocycles. The number of aliphatic hydroxyl groups is 1. The van der Waals surface area contributed by atoms with E-state index in [1.165, 1.54) is 17.8 Å². The van der Waals surface area contributed by atoms with Crippen LogP contribution in [0.25, 0.3) is 0 Å². The lowest BCUT2D eigenvalue weighted by atomic mass is 10.1. The van der Waals surface area contributed by atoms with Crippen LogP contribution < -0.4 is 0 Å². The van der Waals surface area contributed by atoms with E-state index in [-0.39, 0.29) is 0 Å². The molecule has 96 valence electrons. The minimum absolute atomic E-state index is 0.530. The van der Waals surface area contributed by atoms with Gasteiger partial charge in [0.15, 0.2) is 0 Å². The summed E-state index contributed by atoms with van der Waals surface area (Å²) in [5, 5.41) is 9.99. The molecule has 0 aliphatic rings. The van der Waals surface area contributed by atoms with Gasteiger partial charge in [0.2, 0.25) is 0 Å². The van der Waals surface area contributed by atoms with Crippen molar-refractivity contribution in [2.75, 3.05) is 5.75 Å². The number of hydrogen-bond donors (Lipinski definition) is 1. The molecule has 1 aromatic rings. The zero-order valence-electron chi connectivity index (χ0n) is 9.58. The molecular formula is C11H14F3NOS. The van der Waals surface area contributed by atoms with Gasteiger partial charge >= 0.3 is 6.18 Å². The first kappa shape index (κ1) is 14.3. The van der Waals surface area contributed by atoms with Crippen molar-refractivity contribution in [1.82, 2.24) is 4.98 Å². The maximum atomic E-state index is 12.2. The van der Waals surface area contributed by atoms with E-state index in [4.69, 9.17) is 0 Å². The predicted molar refractivity (Wildman–Crippen MR) is 60.9 cm³/mol. The highest BCUT2D eigenvalue weighted by Gasteiger charge is 2.30. The molecule has 0 radical (unpaired) electrons. The zero-order chi connectivity index (χ0) is 13.1. The van der Waals surface area contributed by atoms with Crippen LogP contribution in [-0.2, 0) is 6.18 Å². The zero-order valence-corrected chi connectivity index (χ0v) is 10.4. The fraction of sp³-hybridized carbons (Fsp3) is 0.545. The molecule has 0 aliphatic heterocycles. The molecule has 1 aromatic heterocycles. The van der Waals surface area contributed by atoms with Gasteiger partial charge < -0.3 is 5.11 Å². The summed E-state index contributed by atoms with van der Waals surface area (Å²) >= 11 is 1.33. The third-order valence-corrected chi connectivity index (χ3v) is 2.97. The Morgan fingerprint density at radius 2 is 1.94 bits per heavy atom. The van der Waals surface area contributed by atoms with Gasteiger partial charge in [-0.1, -0.05) is 0 Å². The molecule has 0 atom stereocenters. The second-order valence-corrected chi connectivity index (χ2v) is 5.41. The van der Waals surface area contributed by atoms with Gasteiger partial charge in [0.05, 0.1) is 16.2 Å². The monoisotopic (exact) mass is 265 g/mol. The van der Waals surface area contributed by atoms with Gasteiger partial charge in [-0.3, -0.25) is 0 Å². The summed E-state index contributed by atoms with van der Waals surface area (Å²) in [5.74, 6) is 0.613. The van der Waals surface area contributed by atoms with Crippen LogP contribution in [-0.4, -0.2) is 21.4 Å². The Kier molecular flexibility index (Phi) is 4.43. The highest BCUT2D eigenvalue weighted by atomic mass is 32.2. The summed E-state index contributed by atoms with van der Waals surface area (Å²) < 4.78 is 36.7. The van der Waals surface area contributed by atoms with Gasteiger partial charge in [-0.2, -0.15) is 13.2 Å². The standard InChI is InChI=1S/C11H14F3NOS/c1-10(2,16)5-6-17-9-4-3-8(7-15-9)11(12,13)14/h3-4,7,16H,5-6H2,1-2H3. The second-order valence-electron chi connectivity index (χ2n) is 4.29. The predicted octanol–water partition coefficient (Wildman–Crippen LogP) is 3.35. The number of nitrogens with zero attached hydrogens (tertiary/aromatic N) is 1. The number of hydrogen-bond acceptors (Lipinski definition) is 3. The van der Waals surface area contributed by atoms with Crippen LogP contribution in [0.5, 0.6) is 0 Å². The Bertz CT molecular complexity index is 356. The fourth-order valence-corrected chi connectivity index (χ4v) is 2.14. The molecule has 0 unspecified atom stereocenters. The van der Waals surface area contributed by atoms with Gasteiger partial charge in [0.25, 0.3) is 0 Å². The number of aromatic nitrogens is 1.